The third-order valence-corrected chi connectivity index (χ3v) is 22.4. The van der Waals surface area contributed by atoms with Crippen molar-refractivity contribution in [2.75, 3.05) is 19.6 Å². The maximum atomic E-state index is 2.70. The van der Waals surface area contributed by atoms with E-state index in [0.717, 1.165) is 90.5 Å². The minimum atomic E-state index is -0.202. The molecule has 4 aliphatic rings. The molecule has 0 saturated heterocycles. The van der Waals surface area contributed by atoms with E-state index in [0.29, 0.717) is 0 Å². The number of rotatable bonds is 9. The van der Waals surface area contributed by atoms with Crippen LogP contribution in [-0.4, -0.2) is 18.0 Å². The van der Waals surface area contributed by atoms with E-state index >= 15 is 0 Å². The van der Waals surface area contributed by atoms with Gasteiger partial charge in [0.2, 0.25) is 6.71 Å². The number of nitrogens with zero attached hydrogens (tertiary/aromatic N) is 5. The molecule has 5 heterocycles. The maximum absolute atomic E-state index is 2.70. The highest BCUT2D eigenvalue weighted by Crippen LogP contribution is 2.54. The van der Waals surface area contributed by atoms with Crippen LogP contribution in [0.15, 0.2) is 331 Å². The SMILES string of the molecule is CC(C)(C)c1ccc2c(c1)c1cc(C(C)(C)C)ccc1n2-c1cc2c3c(c1)N(c1ccccc1)c1cc4c(cc1B3c1ccccc1S2)B1c2ccccc2N(c2ccccc2)c2cc(N(c3ccccc3)c3ccccc3)cc(c21)N4c1c(-c2ccccc2)cccc1-c1ccccc1. The number of anilines is 12. The fourth-order valence-electron chi connectivity index (χ4n) is 16.6. The number of aromatic nitrogens is 1. The van der Waals surface area contributed by atoms with Gasteiger partial charge in [0.15, 0.2) is 0 Å². The first-order chi connectivity index (χ1) is 48.9. The number of benzene rings is 14. The molecule has 8 heteroatoms. The predicted octanol–water partition coefficient (Wildman–Crippen LogP) is 21.0. The minimum Gasteiger partial charge on any atom is -0.311 e. The zero-order chi connectivity index (χ0) is 67.1. The van der Waals surface area contributed by atoms with Gasteiger partial charge in [0.05, 0.1) is 22.4 Å². The Labute approximate surface area is 591 Å². The summed E-state index contributed by atoms with van der Waals surface area (Å²) in [6.45, 7) is 13.7. The standard InChI is InChI=1S/C92H71B2N5S/c1-91(2,3)62-48-50-78-72(52-62)73-53-63(92(4,5)6)49-51-79(73)98(78)69-56-85-89-87(57-69)100-86-47-28-26-45-75(86)94(89)76-58-77-82(59-81(76)97(85)67-40-23-12-24-41-67)99(90-70(60-30-13-7-14-31-60)42-29-43-71(90)61-32-15-8-16-33-61)84-55-68(95(64-34-17-9-18-35-64)65-36-19-10-20-37-65)54-83-88(84)93(77)74-44-25-27-46-80(74)96(83)66-38-21-11-22-39-66/h7-59H,1-6H3. The molecular formula is C92H71B2N5S. The van der Waals surface area contributed by atoms with Gasteiger partial charge in [-0.15, -0.1) is 0 Å². The number of hydrogen-bond acceptors (Lipinski definition) is 5. The Morgan fingerprint density at radius 1 is 0.300 bits per heavy atom. The molecular weight excluding hydrogens is 1230 g/mol. The lowest BCUT2D eigenvalue weighted by Gasteiger charge is -2.47. The molecule has 0 radical (unpaired) electrons. The molecule has 4 aliphatic heterocycles. The molecule has 14 aromatic carbocycles. The van der Waals surface area contributed by atoms with Crippen molar-refractivity contribution in [3.63, 3.8) is 0 Å². The highest BCUT2D eigenvalue weighted by molar-refractivity contribution is 8.00. The summed E-state index contributed by atoms with van der Waals surface area (Å²) in [6.07, 6.45) is 0. The Morgan fingerprint density at radius 3 is 1.30 bits per heavy atom. The zero-order valence-corrected chi connectivity index (χ0v) is 57.7. The van der Waals surface area contributed by atoms with Crippen LogP contribution < -0.4 is 52.4 Å². The van der Waals surface area contributed by atoms with Crippen molar-refractivity contribution in [3.05, 3.63) is 333 Å². The maximum Gasteiger partial charge on any atom is 0.252 e. The third kappa shape index (κ3) is 9.48. The molecule has 19 rings (SSSR count). The van der Waals surface area contributed by atoms with Crippen LogP contribution in [0.2, 0.25) is 0 Å². The highest BCUT2D eigenvalue weighted by Gasteiger charge is 2.49. The van der Waals surface area contributed by atoms with Crippen molar-refractivity contribution in [2.24, 2.45) is 0 Å². The summed E-state index contributed by atoms with van der Waals surface area (Å²) in [5.74, 6) is 0. The van der Waals surface area contributed by atoms with Gasteiger partial charge in [0, 0.05) is 94.3 Å². The summed E-state index contributed by atoms with van der Waals surface area (Å²) in [5.41, 5.74) is 31.7. The lowest BCUT2D eigenvalue weighted by molar-refractivity contribution is 0.590. The molecule has 0 amide bonds. The largest absolute Gasteiger partial charge is 0.311 e. The number of fused-ring (bicyclic) bond motifs is 11. The van der Waals surface area contributed by atoms with Crippen LogP contribution in [0.3, 0.4) is 0 Å². The first kappa shape index (κ1) is 59.8. The van der Waals surface area contributed by atoms with Crippen LogP contribution in [0, 0.1) is 0 Å². The predicted molar refractivity (Wildman–Crippen MR) is 428 cm³/mol. The molecule has 0 N–H and O–H groups in total. The summed E-state index contributed by atoms with van der Waals surface area (Å²) in [5, 5.41) is 2.55. The molecule has 15 aromatic rings. The molecule has 0 aliphatic carbocycles. The molecule has 0 saturated carbocycles. The van der Waals surface area contributed by atoms with Crippen LogP contribution in [0.4, 0.5) is 68.2 Å². The Hall–Kier alpha value is -11.4. The first-order valence-electron chi connectivity index (χ1n) is 35.0. The van der Waals surface area contributed by atoms with E-state index in [4.69, 9.17) is 0 Å². The molecule has 0 fully saturated rings. The first-order valence-corrected chi connectivity index (χ1v) is 35.9. The Balaban J connectivity index is 0.958. The Bertz CT molecular complexity index is 5580. The molecule has 0 unspecified atom stereocenters. The van der Waals surface area contributed by atoms with Crippen molar-refractivity contribution in [1.82, 2.24) is 4.57 Å². The van der Waals surface area contributed by atoms with Crippen LogP contribution in [0.25, 0.3) is 49.7 Å². The zero-order valence-electron chi connectivity index (χ0n) is 56.9. The second kappa shape index (κ2) is 23.1. The molecule has 0 atom stereocenters. The van der Waals surface area contributed by atoms with E-state index in [1.165, 1.54) is 81.2 Å². The summed E-state index contributed by atoms with van der Waals surface area (Å²) in [6, 6.07) is 121. The fraction of sp³-hybridized carbons (Fsp3) is 0.0870. The van der Waals surface area contributed by atoms with E-state index in [9.17, 15) is 0 Å². The van der Waals surface area contributed by atoms with Gasteiger partial charge in [-0.1, -0.05) is 265 Å². The minimum absolute atomic E-state index is 0.0371. The lowest BCUT2D eigenvalue weighted by Crippen LogP contribution is -2.64. The second-order valence-electron chi connectivity index (χ2n) is 29.2. The molecule has 1 aromatic heterocycles. The van der Waals surface area contributed by atoms with Gasteiger partial charge in [0.25, 0.3) is 6.71 Å². The molecule has 5 nitrogen and oxygen atoms in total. The average Bonchev–Trinajstić information content (AvgIpc) is 0.764. The van der Waals surface area contributed by atoms with Gasteiger partial charge < -0.3 is 24.2 Å². The van der Waals surface area contributed by atoms with E-state index < -0.39 is 0 Å². The van der Waals surface area contributed by atoms with Gasteiger partial charge in [-0.2, -0.15) is 0 Å². The van der Waals surface area contributed by atoms with Crippen molar-refractivity contribution in [3.8, 4) is 27.9 Å². The van der Waals surface area contributed by atoms with Gasteiger partial charge in [-0.25, -0.2) is 0 Å². The Morgan fingerprint density at radius 2 is 0.750 bits per heavy atom. The van der Waals surface area contributed by atoms with Crippen molar-refractivity contribution < 1.29 is 0 Å². The molecule has 0 bridgehead atoms. The topological polar surface area (TPSA) is 17.9 Å². The molecule has 100 heavy (non-hydrogen) atoms. The molecule has 0 spiro atoms. The van der Waals surface area contributed by atoms with E-state index in [1.807, 2.05) is 11.8 Å². The van der Waals surface area contributed by atoms with Crippen molar-refractivity contribution in [2.45, 2.75) is 62.2 Å². The van der Waals surface area contributed by atoms with Crippen LogP contribution in [0.1, 0.15) is 52.7 Å². The van der Waals surface area contributed by atoms with Gasteiger partial charge >= 0.3 is 0 Å². The van der Waals surface area contributed by atoms with E-state index in [2.05, 4.69) is 387 Å². The van der Waals surface area contributed by atoms with Crippen LogP contribution in [0.5, 0.6) is 0 Å². The quantitative estimate of drug-likeness (QED) is 0.134. The van der Waals surface area contributed by atoms with E-state index in [-0.39, 0.29) is 24.3 Å². The van der Waals surface area contributed by atoms with Crippen molar-refractivity contribution in [1.29, 1.82) is 0 Å². The third-order valence-electron chi connectivity index (χ3n) is 21.2. The van der Waals surface area contributed by atoms with Crippen LogP contribution in [-0.2, 0) is 10.8 Å². The van der Waals surface area contributed by atoms with Crippen LogP contribution >= 0.6 is 11.8 Å². The summed E-state index contributed by atoms with van der Waals surface area (Å²) in [4.78, 5) is 12.9. The summed E-state index contributed by atoms with van der Waals surface area (Å²) < 4.78 is 2.56. The summed E-state index contributed by atoms with van der Waals surface area (Å²) >= 11 is 1.92. The normalized spacial score (nSPS) is 13.4. The smallest absolute Gasteiger partial charge is 0.252 e. The Kier molecular flexibility index (Phi) is 13.8. The molecule has 476 valence electrons. The van der Waals surface area contributed by atoms with Gasteiger partial charge in [-0.05, 0) is 176 Å². The second-order valence-corrected chi connectivity index (χ2v) is 30.3. The monoisotopic (exact) mass is 1300 g/mol. The highest BCUT2D eigenvalue weighted by atomic mass is 32.2. The fourth-order valence-corrected chi connectivity index (χ4v) is 17.8. The van der Waals surface area contributed by atoms with Crippen molar-refractivity contribution >= 4 is 148 Å². The average molecular weight is 1300 g/mol. The van der Waals surface area contributed by atoms with E-state index in [1.54, 1.807) is 0 Å². The number of hydrogen-bond donors (Lipinski definition) is 0. The lowest BCUT2D eigenvalue weighted by atomic mass is 9.30. The van der Waals surface area contributed by atoms with Gasteiger partial charge in [-0.3, -0.25) is 0 Å². The number of para-hydroxylation sites is 6. The van der Waals surface area contributed by atoms with Gasteiger partial charge in [0.1, 0.15) is 0 Å². The summed E-state index contributed by atoms with van der Waals surface area (Å²) in [7, 11) is 0.